The van der Waals surface area contributed by atoms with E-state index in [1.807, 2.05) is 12.1 Å². The summed E-state index contributed by atoms with van der Waals surface area (Å²) in [6.45, 7) is 9.16. The lowest BCUT2D eigenvalue weighted by atomic mass is 9.86. The topological polar surface area (TPSA) is 18.5 Å². The molecule has 1 atom stereocenters. The van der Waals surface area contributed by atoms with Gasteiger partial charge in [0.1, 0.15) is 0 Å². The summed E-state index contributed by atoms with van der Waals surface area (Å²) in [5.41, 5.74) is 3.78. The van der Waals surface area contributed by atoms with Gasteiger partial charge in [-0.2, -0.15) is 0 Å². The Morgan fingerprint density at radius 3 is 1.96 bits per heavy atom. The van der Waals surface area contributed by atoms with Crippen LogP contribution in [0.5, 0.6) is 0 Å². The fourth-order valence-electron chi connectivity index (χ4n) is 4.10. The standard InChI is InChI=1S/C26H32O2/c1-3-4-15-25-17-26(16-22(25)2,20-27-18-23-11-7-5-8-12-23)21-28-19-24-13-9-6-10-14-24/h3-14,25H,2,15-21H2,1H3/b4-3+. The Morgan fingerprint density at radius 1 is 0.929 bits per heavy atom. The number of hydrogen-bond donors (Lipinski definition) is 0. The summed E-state index contributed by atoms with van der Waals surface area (Å²) in [4.78, 5) is 0. The first-order valence-electron chi connectivity index (χ1n) is 10.2. The minimum atomic E-state index is 0.0207. The highest BCUT2D eigenvalue weighted by molar-refractivity contribution is 5.17. The maximum Gasteiger partial charge on any atom is 0.0717 e. The lowest BCUT2D eigenvalue weighted by Gasteiger charge is -2.29. The number of benzene rings is 2. The first-order chi connectivity index (χ1) is 13.7. The van der Waals surface area contributed by atoms with Crippen LogP contribution in [0.25, 0.3) is 0 Å². The smallest absolute Gasteiger partial charge is 0.0717 e. The molecule has 2 nitrogen and oxygen atoms in total. The minimum Gasteiger partial charge on any atom is -0.376 e. The first-order valence-corrected chi connectivity index (χ1v) is 10.2. The molecule has 0 heterocycles. The molecule has 0 bridgehead atoms. The molecule has 28 heavy (non-hydrogen) atoms. The van der Waals surface area contributed by atoms with Crippen LogP contribution in [0.15, 0.2) is 85.0 Å². The molecule has 2 heteroatoms. The van der Waals surface area contributed by atoms with Gasteiger partial charge in [0, 0.05) is 5.41 Å². The van der Waals surface area contributed by atoms with Gasteiger partial charge in [-0.15, -0.1) is 0 Å². The first kappa shape index (κ1) is 20.6. The van der Waals surface area contributed by atoms with E-state index in [0.29, 0.717) is 32.3 Å². The van der Waals surface area contributed by atoms with Crippen LogP contribution in [0.1, 0.15) is 37.3 Å². The molecule has 0 aliphatic heterocycles. The number of allylic oxidation sites excluding steroid dienone is 3. The Bertz CT molecular complexity index is 703. The summed E-state index contributed by atoms with van der Waals surface area (Å²) < 4.78 is 12.3. The van der Waals surface area contributed by atoms with Gasteiger partial charge in [-0.05, 0) is 43.2 Å². The zero-order chi connectivity index (χ0) is 19.7. The van der Waals surface area contributed by atoms with Crippen molar-refractivity contribution in [2.24, 2.45) is 11.3 Å². The van der Waals surface area contributed by atoms with E-state index >= 15 is 0 Å². The Hall–Kier alpha value is -2.16. The van der Waals surface area contributed by atoms with E-state index in [1.54, 1.807) is 0 Å². The Kier molecular flexibility index (Phi) is 7.64. The van der Waals surface area contributed by atoms with Crippen molar-refractivity contribution in [3.05, 3.63) is 96.1 Å². The van der Waals surface area contributed by atoms with Crippen molar-refractivity contribution in [3.8, 4) is 0 Å². The SMILES string of the molecule is C=C1CC(COCc2ccccc2)(COCc2ccccc2)CC1C/C=C/C. The highest BCUT2D eigenvalue weighted by Crippen LogP contribution is 2.47. The van der Waals surface area contributed by atoms with Crippen molar-refractivity contribution >= 4 is 0 Å². The van der Waals surface area contributed by atoms with Crippen LogP contribution in [-0.4, -0.2) is 13.2 Å². The molecular formula is C26H32O2. The maximum atomic E-state index is 6.17. The third-order valence-electron chi connectivity index (χ3n) is 5.55. The van der Waals surface area contributed by atoms with Gasteiger partial charge in [0.05, 0.1) is 26.4 Å². The molecule has 0 spiro atoms. The Balaban J connectivity index is 1.60. The Morgan fingerprint density at radius 2 is 1.46 bits per heavy atom. The van der Waals surface area contributed by atoms with E-state index in [9.17, 15) is 0 Å². The predicted molar refractivity (Wildman–Crippen MR) is 116 cm³/mol. The second-order valence-electron chi connectivity index (χ2n) is 8.00. The van der Waals surface area contributed by atoms with Crippen LogP contribution in [0.2, 0.25) is 0 Å². The van der Waals surface area contributed by atoms with Crippen LogP contribution >= 0.6 is 0 Å². The molecule has 1 aliphatic rings. The molecule has 1 aliphatic carbocycles. The molecule has 1 saturated carbocycles. The summed E-state index contributed by atoms with van der Waals surface area (Å²) in [5.74, 6) is 0.525. The zero-order valence-electron chi connectivity index (χ0n) is 17.0. The lowest BCUT2D eigenvalue weighted by Crippen LogP contribution is -2.30. The van der Waals surface area contributed by atoms with Crippen molar-refractivity contribution in [2.45, 2.75) is 39.4 Å². The zero-order valence-corrected chi connectivity index (χ0v) is 17.0. The van der Waals surface area contributed by atoms with Crippen molar-refractivity contribution < 1.29 is 9.47 Å². The van der Waals surface area contributed by atoms with Gasteiger partial charge in [0.25, 0.3) is 0 Å². The summed E-state index contributed by atoms with van der Waals surface area (Å²) in [6.07, 6.45) is 7.51. The predicted octanol–water partition coefficient (Wildman–Crippen LogP) is 6.34. The van der Waals surface area contributed by atoms with Gasteiger partial charge in [-0.25, -0.2) is 0 Å². The Labute approximate surface area is 169 Å². The van der Waals surface area contributed by atoms with Gasteiger partial charge >= 0.3 is 0 Å². The fraction of sp³-hybridized carbons (Fsp3) is 0.385. The third kappa shape index (κ3) is 5.92. The van der Waals surface area contributed by atoms with Crippen LogP contribution in [0, 0.1) is 11.3 Å². The second kappa shape index (κ2) is 10.4. The van der Waals surface area contributed by atoms with E-state index in [4.69, 9.17) is 9.47 Å². The van der Waals surface area contributed by atoms with Gasteiger partial charge in [-0.1, -0.05) is 85.0 Å². The summed E-state index contributed by atoms with van der Waals surface area (Å²) in [6, 6.07) is 20.8. The quantitative estimate of drug-likeness (QED) is 0.451. The monoisotopic (exact) mass is 376 g/mol. The molecule has 2 aromatic carbocycles. The maximum absolute atomic E-state index is 6.17. The molecule has 1 fully saturated rings. The second-order valence-corrected chi connectivity index (χ2v) is 8.00. The summed E-state index contributed by atoms with van der Waals surface area (Å²) in [7, 11) is 0. The van der Waals surface area contributed by atoms with E-state index in [-0.39, 0.29) is 5.41 Å². The van der Waals surface area contributed by atoms with Crippen molar-refractivity contribution in [2.75, 3.05) is 13.2 Å². The number of hydrogen-bond acceptors (Lipinski definition) is 2. The third-order valence-corrected chi connectivity index (χ3v) is 5.55. The molecule has 0 amide bonds. The molecule has 148 valence electrons. The lowest BCUT2D eigenvalue weighted by molar-refractivity contribution is -0.0307. The summed E-state index contributed by atoms with van der Waals surface area (Å²) in [5, 5.41) is 0. The molecule has 2 aromatic rings. The van der Waals surface area contributed by atoms with Gasteiger partial charge < -0.3 is 9.47 Å². The van der Waals surface area contributed by atoms with Crippen LogP contribution in [-0.2, 0) is 22.7 Å². The highest BCUT2D eigenvalue weighted by atomic mass is 16.5. The van der Waals surface area contributed by atoms with Crippen molar-refractivity contribution in [1.29, 1.82) is 0 Å². The molecule has 0 aromatic heterocycles. The minimum absolute atomic E-state index is 0.0207. The molecule has 0 N–H and O–H groups in total. The fourth-order valence-corrected chi connectivity index (χ4v) is 4.10. The van der Waals surface area contributed by atoms with Crippen LogP contribution in [0.4, 0.5) is 0 Å². The number of ether oxygens (including phenoxy) is 2. The van der Waals surface area contributed by atoms with E-state index in [0.717, 1.165) is 19.3 Å². The van der Waals surface area contributed by atoms with Gasteiger partial charge in [0.2, 0.25) is 0 Å². The average molecular weight is 377 g/mol. The summed E-state index contributed by atoms with van der Waals surface area (Å²) >= 11 is 0. The molecule has 3 rings (SSSR count). The molecule has 0 radical (unpaired) electrons. The average Bonchev–Trinajstić information content (AvgIpc) is 3.03. The number of rotatable bonds is 10. The largest absolute Gasteiger partial charge is 0.376 e. The van der Waals surface area contributed by atoms with Crippen molar-refractivity contribution in [1.82, 2.24) is 0 Å². The molecular weight excluding hydrogens is 344 g/mol. The molecule has 0 saturated heterocycles. The normalized spacial score (nSPS) is 18.8. The van der Waals surface area contributed by atoms with E-state index in [1.165, 1.54) is 16.7 Å². The van der Waals surface area contributed by atoms with E-state index in [2.05, 4.69) is 74.2 Å². The van der Waals surface area contributed by atoms with Crippen LogP contribution in [0.3, 0.4) is 0 Å². The van der Waals surface area contributed by atoms with Gasteiger partial charge in [-0.3, -0.25) is 0 Å². The van der Waals surface area contributed by atoms with Crippen LogP contribution < -0.4 is 0 Å². The molecule has 1 unspecified atom stereocenters. The highest BCUT2D eigenvalue weighted by Gasteiger charge is 2.41. The van der Waals surface area contributed by atoms with E-state index < -0.39 is 0 Å². The van der Waals surface area contributed by atoms with Gasteiger partial charge in [0.15, 0.2) is 0 Å². The van der Waals surface area contributed by atoms with Crippen molar-refractivity contribution in [3.63, 3.8) is 0 Å².